The number of aryl methyl sites for hydroxylation is 2. The van der Waals surface area contributed by atoms with Crippen LogP contribution in [-0.2, 0) is 6.42 Å². The molecule has 2 nitrogen and oxygen atoms in total. The van der Waals surface area contributed by atoms with Gasteiger partial charge in [0, 0.05) is 28.5 Å². The van der Waals surface area contributed by atoms with E-state index in [0.29, 0.717) is 6.04 Å². The summed E-state index contributed by atoms with van der Waals surface area (Å²) in [4.78, 5) is 5.92. The number of nitrogens with zero attached hydrogens (tertiary/aromatic N) is 1. The van der Waals surface area contributed by atoms with Crippen LogP contribution in [0, 0.1) is 13.8 Å². The number of thioether (sulfide) groups is 1. The SMILES string of the molecule is CCNC(CSc1cccc(C)c1)Cc1csc(C)n1. The Kier molecular flexibility index (Phi) is 6.07. The van der Waals surface area contributed by atoms with E-state index in [1.165, 1.54) is 16.2 Å². The molecule has 2 aromatic rings. The number of hydrogen-bond acceptors (Lipinski definition) is 4. The number of hydrogen-bond donors (Lipinski definition) is 1. The summed E-state index contributed by atoms with van der Waals surface area (Å²) in [6, 6.07) is 9.19. The van der Waals surface area contributed by atoms with Gasteiger partial charge in [-0.05, 0) is 32.5 Å². The topological polar surface area (TPSA) is 24.9 Å². The van der Waals surface area contributed by atoms with E-state index in [4.69, 9.17) is 0 Å². The zero-order valence-corrected chi connectivity index (χ0v) is 14.0. The first-order chi connectivity index (χ1) is 9.67. The molecule has 1 aromatic heterocycles. The molecule has 0 aliphatic rings. The molecule has 0 saturated carbocycles. The Morgan fingerprint density at radius 1 is 1.35 bits per heavy atom. The smallest absolute Gasteiger partial charge is 0.0897 e. The van der Waals surface area contributed by atoms with E-state index in [9.17, 15) is 0 Å². The van der Waals surface area contributed by atoms with Crippen molar-refractivity contribution in [2.45, 2.75) is 38.1 Å². The largest absolute Gasteiger partial charge is 0.313 e. The number of nitrogens with one attached hydrogen (secondary N) is 1. The van der Waals surface area contributed by atoms with Crippen LogP contribution in [0.4, 0.5) is 0 Å². The average molecular weight is 307 g/mol. The molecule has 2 rings (SSSR count). The van der Waals surface area contributed by atoms with E-state index >= 15 is 0 Å². The van der Waals surface area contributed by atoms with Gasteiger partial charge in [0.05, 0.1) is 10.7 Å². The minimum Gasteiger partial charge on any atom is -0.313 e. The van der Waals surface area contributed by atoms with Gasteiger partial charge in [0.1, 0.15) is 0 Å². The summed E-state index contributed by atoms with van der Waals surface area (Å²) in [5.74, 6) is 1.08. The molecule has 20 heavy (non-hydrogen) atoms. The summed E-state index contributed by atoms with van der Waals surface area (Å²) < 4.78 is 0. The van der Waals surface area contributed by atoms with Crippen LogP contribution in [0.15, 0.2) is 34.5 Å². The monoisotopic (exact) mass is 306 g/mol. The predicted octanol–water partition coefficient (Wildman–Crippen LogP) is 4.07. The molecule has 1 N–H and O–H groups in total. The lowest BCUT2D eigenvalue weighted by atomic mass is 10.2. The Balaban J connectivity index is 1.91. The number of likely N-dealkylation sites (N-methyl/N-ethyl adjacent to an activating group) is 1. The summed E-state index contributed by atoms with van der Waals surface area (Å²) in [6.45, 7) is 7.38. The molecule has 0 saturated heterocycles. The lowest BCUT2D eigenvalue weighted by Crippen LogP contribution is -2.33. The lowest BCUT2D eigenvalue weighted by Gasteiger charge is -2.16. The minimum absolute atomic E-state index is 0.479. The van der Waals surface area contributed by atoms with Crippen molar-refractivity contribution in [1.82, 2.24) is 10.3 Å². The number of benzene rings is 1. The van der Waals surface area contributed by atoms with Crippen molar-refractivity contribution in [1.29, 1.82) is 0 Å². The van der Waals surface area contributed by atoms with Gasteiger partial charge in [0.15, 0.2) is 0 Å². The van der Waals surface area contributed by atoms with Gasteiger partial charge in [-0.15, -0.1) is 23.1 Å². The Bertz CT molecular complexity index is 537. The van der Waals surface area contributed by atoms with Gasteiger partial charge in [-0.3, -0.25) is 0 Å². The maximum atomic E-state index is 4.57. The Hall–Kier alpha value is -0.840. The van der Waals surface area contributed by atoms with Gasteiger partial charge >= 0.3 is 0 Å². The molecule has 0 spiro atoms. The van der Waals surface area contributed by atoms with E-state index in [1.807, 2.05) is 11.8 Å². The molecule has 0 amide bonds. The fourth-order valence-corrected chi connectivity index (χ4v) is 3.83. The fraction of sp³-hybridized carbons (Fsp3) is 0.438. The van der Waals surface area contributed by atoms with Crippen LogP contribution < -0.4 is 5.32 Å². The van der Waals surface area contributed by atoms with Crippen molar-refractivity contribution in [2.24, 2.45) is 0 Å². The lowest BCUT2D eigenvalue weighted by molar-refractivity contribution is 0.567. The van der Waals surface area contributed by atoms with Gasteiger partial charge in [-0.2, -0.15) is 0 Å². The minimum atomic E-state index is 0.479. The molecule has 0 bridgehead atoms. The third-order valence-corrected chi connectivity index (χ3v) is 5.03. The van der Waals surface area contributed by atoms with Gasteiger partial charge < -0.3 is 5.32 Å². The van der Waals surface area contributed by atoms with Crippen molar-refractivity contribution < 1.29 is 0 Å². The van der Waals surface area contributed by atoms with Crippen LogP contribution >= 0.6 is 23.1 Å². The molecule has 0 aliphatic carbocycles. The first-order valence-electron chi connectivity index (χ1n) is 7.01. The normalized spacial score (nSPS) is 12.6. The molecule has 1 heterocycles. The molecule has 4 heteroatoms. The first-order valence-corrected chi connectivity index (χ1v) is 8.87. The molecular formula is C16H22N2S2. The standard InChI is InChI=1S/C16H22N2S2/c1-4-17-14(9-15-11-19-13(3)18-15)10-20-16-7-5-6-12(2)8-16/h5-8,11,14,17H,4,9-10H2,1-3H3. The van der Waals surface area contributed by atoms with Gasteiger partial charge in [-0.1, -0.05) is 24.6 Å². The quantitative estimate of drug-likeness (QED) is 0.780. The van der Waals surface area contributed by atoms with Crippen molar-refractivity contribution in [3.8, 4) is 0 Å². The molecule has 1 unspecified atom stereocenters. The van der Waals surface area contributed by atoms with Crippen molar-refractivity contribution in [3.63, 3.8) is 0 Å². The summed E-state index contributed by atoms with van der Waals surface area (Å²) in [5, 5.41) is 6.90. The van der Waals surface area contributed by atoms with E-state index in [-0.39, 0.29) is 0 Å². The van der Waals surface area contributed by atoms with Crippen LogP contribution in [0.5, 0.6) is 0 Å². The molecular weight excluding hydrogens is 284 g/mol. The number of thiazole rings is 1. The Morgan fingerprint density at radius 3 is 2.85 bits per heavy atom. The van der Waals surface area contributed by atoms with Crippen LogP contribution in [0.2, 0.25) is 0 Å². The van der Waals surface area contributed by atoms with Crippen LogP contribution in [0.1, 0.15) is 23.2 Å². The molecule has 0 radical (unpaired) electrons. The molecule has 108 valence electrons. The predicted molar refractivity (Wildman–Crippen MR) is 89.9 cm³/mol. The maximum absolute atomic E-state index is 4.57. The van der Waals surface area contributed by atoms with Crippen LogP contribution in [-0.4, -0.2) is 23.3 Å². The zero-order chi connectivity index (χ0) is 14.4. The fourth-order valence-electron chi connectivity index (χ4n) is 2.14. The summed E-state index contributed by atoms with van der Waals surface area (Å²) >= 11 is 3.66. The summed E-state index contributed by atoms with van der Waals surface area (Å²) in [7, 11) is 0. The number of aromatic nitrogens is 1. The first kappa shape index (κ1) is 15.5. The summed E-state index contributed by atoms with van der Waals surface area (Å²) in [5.41, 5.74) is 2.54. The van der Waals surface area contributed by atoms with E-state index in [1.54, 1.807) is 11.3 Å². The molecule has 0 aliphatic heterocycles. The number of rotatable bonds is 7. The second-order valence-electron chi connectivity index (χ2n) is 4.94. The molecule has 1 atom stereocenters. The average Bonchev–Trinajstić information content (AvgIpc) is 2.82. The summed E-state index contributed by atoms with van der Waals surface area (Å²) in [6.07, 6.45) is 1.01. The Labute approximate surface area is 130 Å². The highest BCUT2D eigenvalue weighted by atomic mass is 32.2. The highest BCUT2D eigenvalue weighted by Gasteiger charge is 2.11. The van der Waals surface area contributed by atoms with Crippen LogP contribution in [0.25, 0.3) is 0 Å². The van der Waals surface area contributed by atoms with Gasteiger partial charge in [0.2, 0.25) is 0 Å². The second-order valence-corrected chi connectivity index (χ2v) is 7.10. The highest BCUT2D eigenvalue weighted by molar-refractivity contribution is 7.99. The third kappa shape index (κ3) is 4.93. The van der Waals surface area contributed by atoms with Gasteiger partial charge in [-0.25, -0.2) is 4.98 Å². The zero-order valence-electron chi connectivity index (χ0n) is 12.3. The maximum Gasteiger partial charge on any atom is 0.0897 e. The molecule has 1 aromatic carbocycles. The van der Waals surface area contributed by atoms with E-state index in [0.717, 1.165) is 23.7 Å². The second kappa shape index (κ2) is 7.81. The highest BCUT2D eigenvalue weighted by Crippen LogP contribution is 2.21. The van der Waals surface area contributed by atoms with Crippen molar-refractivity contribution in [2.75, 3.05) is 12.3 Å². The van der Waals surface area contributed by atoms with Crippen molar-refractivity contribution >= 4 is 23.1 Å². The molecule has 0 fully saturated rings. The Morgan fingerprint density at radius 2 is 2.20 bits per heavy atom. The van der Waals surface area contributed by atoms with Crippen molar-refractivity contribution in [3.05, 3.63) is 45.9 Å². The van der Waals surface area contributed by atoms with Gasteiger partial charge in [0.25, 0.3) is 0 Å². The van der Waals surface area contributed by atoms with E-state index in [2.05, 4.69) is 60.7 Å². The van der Waals surface area contributed by atoms with E-state index < -0.39 is 0 Å². The third-order valence-electron chi connectivity index (χ3n) is 3.06. The van der Waals surface area contributed by atoms with Crippen LogP contribution in [0.3, 0.4) is 0 Å².